The predicted molar refractivity (Wildman–Crippen MR) is 84.7 cm³/mol. The van der Waals surface area contributed by atoms with Crippen molar-refractivity contribution in [3.05, 3.63) is 30.5 Å². The van der Waals surface area contributed by atoms with Crippen LogP contribution in [0.2, 0.25) is 0 Å². The molecule has 19 heavy (non-hydrogen) atoms. The Bertz CT molecular complexity index is 538. The number of nitrogens with zero attached hydrogens (tertiary/aromatic N) is 2. The Morgan fingerprint density at radius 2 is 2.00 bits per heavy atom. The number of benzene rings is 1. The minimum atomic E-state index is 0.769. The third-order valence-electron chi connectivity index (χ3n) is 3.29. The maximum Gasteiger partial charge on any atom is 0.0733 e. The van der Waals surface area contributed by atoms with Crippen molar-refractivity contribution in [2.45, 2.75) is 18.7 Å². The molecule has 102 valence electrons. The fraction of sp³-hybridized carbons (Fsp3) is 0.400. The standard InChI is InChI=1S/C15H21N3S/c1-3-18(4-2)9-10-19-15-7-8-17-14-11-12(16)5-6-13(14)15/h5-8,11H,3-4,9-10,16H2,1-2H3. The Morgan fingerprint density at radius 3 is 2.74 bits per heavy atom. The normalized spacial score (nSPS) is 11.3. The van der Waals surface area contributed by atoms with Crippen LogP contribution in [0, 0.1) is 0 Å². The molecule has 2 aromatic rings. The van der Waals surface area contributed by atoms with Crippen LogP contribution >= 0.6 is 11.8 Å². The highest BCUT2D eigenvalue weighted by molar-refractivity contribution is 7.99. The number of anilines is 1. The number of hydrogen-bond donors (Lipinski definition) is 1. The first kappa shape index (κ1) is 14.2. The second-order valence-electron chi connectivity index (χ2n) is 4.46. The van der Waals surface area contributed by atoms with E-state index in [2.05, 4.69) is 35.9 Å². The van der Waals surface area contributed by atoms with Gasteiger partial charge in [-0.15, -0.1) is 11.8 Å². The first-order chi connectivity index (χ1) is 9.24. The number of hydrogen-bond acceptors (Lipinski definition) is 4. The molecule has 0 radical (unpaired) electrons. The topological polar surface area (TPSA) is 42.2 Å². The summed E-state index contributed by atoms with van der Waals surface area (Å²) in [5.41, 5.74) is 7.54. The van der Waals surface area contributed by atoms with Crippen LogP contribution in [0.5, 0.6) is 0 Å². The molecule has 0 spiro atoms. The number of nitrogen functional groups attached to an aromatic ring is 1. The summed E-state index contributed by atoms with van der Waals surface area (Å²) >= 11 is 1.89. The van der Waals surface area contributed by atoms with Crippen molar-refractivity contribution in [3.63, 3.8) is 0 Å². The summed E-state index contributed by atoms with van der Waals surface area (Å²) in [7, 11) is 0. The fourth-order valence-electron chi connectivity index (χ4n) is 2.09. The number of thioether (sulfide) groups is 1. The Labute approximate surface area is 119 Å². The van der Waals surface area contributed by atoms with Crippen molar-refractivity contribution in [1.82, 2.24) is 9.88 Å². The monoisotopic (exact) mass is 275 g/mol. The maximum atomic E-state index is 5.80. The molecular formula is C15H21N3S. The van der Waals surface area contributed by atoms with Gasteiger partial charge in [-0.3, -0.25) is 4.98 Å². The fourth-order valence-corrected chi connectivity index (χ4v) is 3.14. The molecule has 0 saturated heterocycles. The van der Waals surface area contributed by atoms with Gasteiger partial charge < -0.3 is 10.6 Å². The third-order valence-corrected chi connectivity index (χ3v) is 4.34. The summed E-state index contributed by atoms with van der Waals surface area (Å²) in [6, 6.07) is 8.03. The third kappa shape index (κ3) is 3.61. The highest BCUT2D eigenvalue weighted by Crippen LogP contribution is 2.27. The largest absolute Gasteiger partial charge is 0.399 e. The molecule has 0 unspecified atom stereocenters. The molecule has 2 rings (SSSR count). The lowest BCUT2D eigenvalue weighted by Crippen LogP contribution is -2.25. The van der Waals surface area contributed by atoms with Crippen molar-refractivity contribution >= 4 is 28.4 Å². The molecule has 1 aromatic carbocycles. The molecule has 2 N–H and O–H groups in total. The second-order valence-corrected chi connectivity index (χ2v) is 5.60. The van der Waals surface area contributed by atoms with E-state index >= 15 is 0 Å². The number of rotatable bonds is 6. The molecular weight excluding hydrogens is 254 g/mol. The van der Waals surface area contributed by atoms with Gasteiger partial charge in [-0.25, -0.2) is 0 Å². The Hall–Kier alpha value is -1.26. The van der Waals surface area contributed by atoms with Crippen molar-refractivity contribution in [2.75, 3.05) is 31.1 Å². The van der Waals surface area contributed by atoms with Gasteiger partial charge in [0.1, 0.15) is 0 Å². The molecule has 0 aliphatic rings. The van der Waals surface area contributed by atoms with E-state index < -0.39 is 0 Å². The Morgan fingerprint density at radius 1 is 1.21 bits per heavy atom. The SMILES string of the molecule is CCN(CC)CCSc1ccnc2cc(N)ccc12. The van der Waals surface area contributed by atoms with Crippen LogP contribution in [-0.4, -0.2) is 35.3 Å². The molecule has 0 aliphatic heterocycles. The lowest BCUT2D eigenvalue weighted by Gasteiger charge is -2.17. The molecule has 1 heterocycles. The lowest BCUT2D eigenvalue weighted by atomic mass is 10.2. The number of aromatic nitrogens is 1. The van der Waals surface area contributed by atoms with Gasteiger partial charge >= 0.3 is 0 Å². The van der Waals surface area contributed by atoms with E-state index in [-0.39, 0.29) is 0 Å². The average molecular weight is 275 g/mol. The van der Waals surface area contributed by atoms with Crippen LogP contribution in [0.1, 0.15) is 13.8 Å². The van der Waals surface area contributed by atoms with Gasteiger partial charge in [-0.05, 0) is 37.4 Å². The van der Waals surface area contributed by atoms with E-state index in [1.165, 1.54) is 10.3 Å². The smallest absolute Gasteiger partial charge is 0.0733 e. The molecule has 0 fully saturated rings. The highest BCUT2D eigenvalue weighted by atomic mass is 32.2. The van der Waals surface area contributed by atoms with E-state index in [4.69, 9.17) is 5.73 Å². The first-order valence-corrected chi connectivity index (χ1v) is 7.72. The Kier molecular flexibility index (Phi) is 5.05. The van der Waals surface area contributed by atoms with E-state index in [0.717, 1.165) is 36.6 Å². The van der Waals surface area contributed by atoms with Crippen molar-refractivity contribution in [1.29, 1.82) is 0 Å². The van der Waals surface area contributed by atoms with Crippen molar-refractivity contribution in [2.24, 2.45) is 0 Å². The van der Waals surface area contributed by atoms with Gasteiger partial charge in [-0.1, -0.05) is 13.8 Å². The number of pyridine rings is 1. The van der Waals surface area contributed by atoms with Crippen LogP contribution in [0.4, 0.5) is 5.69 Å². The molecule has 3 nitrogen and oxygen atoms in total. The molecule has 0 atom stereocenters. The van der Waals surface area contributed by atoms with Crippen LogP contribution in [0.3, 0.4) is 0 Å². The number of nitrogens with two attached hydrogens (primary N) is 1. The van der Waals surface area contributed by atoms with Gasteiger partial charge in [-0.2, -0.15) is 0 Å². The van der Waals surface area contributed by atoms with E-state index in [0.29, 0.717) is 0 Å². The molecule has 0 bridgehead atoms. The van der Waals surface area contributed by atoms with E-state index in [1.807, 2.05) is 30.1 Å². The van der Waals surface area contributed by atoms with Gasteiger partial charge in [0.25, 0.3) is 0 Å². The molecule has 0 saturated carbocycles. The zero-order valence-corrected chi connectivity index (χ0v) is 12.4. The highest BCUT2D eigenvalue weighted by Gasteiger charge is 2.04. The van der Waals surface area contributed by atoms with Crippen LogP contribution < -0.4 is 5.73 Å². The van der Waals surface area contributed by atoms with Crippen molar-refractivity contribution in [3.8, 4) is 0 Å². The predicted octanol–water partition coefficient (Wildman–Crippen LogP) is 3.25. The second kappa shape index (κ2) is 6.78. The van der Waals surface area contributed by atoms with Crippen LogP contribution in [0.15, 0.2) is 35.4 Å². The van der Waals surface area contributed by atoms with Gasteiger partial charge in [0, 0.05) is 34.5 Å². The summed E-state index contributed by atoms with van der Waals surface area (Å²) in [6.07, 6.45) is 1.86. The minimum Gasteiger partial charge on any atom is -0.399 e. The van der Waals surface area contributed by atoms with Gasteiger partial charge in [0.15, 0.2) is 0 Å². The summed E-state index contributed by atoms with van der Waals surface area (Å²) in [5.74, 6) is 1.10. The van der Waals surface area contributed by atoms with E-state index in [1.54, 1.807) is 0 Å². The van der Waals surface area contributed by atoms with Gasteiger partial charge in [0.2, 0.25) is 0 Å². The van der Waals surface area contributed by atoms with Crippen LogP contribution in [-0.2, 0) is 0 Å². The molecule has 0 amide bonds. The molecule has 1 aromatic heterocycles. The lowest BCUT2D eigenvalue weighted by molar-refractivity contribution is 0.324. The summed E-state index contributed by atoms with van der Waals surface area (Å²) < 4.78 is 0. The number of fused-ring (bicyclic) bond motifs is 1. The Balaban J connectivity index is 2.08. The first-order valence-electron chi connectivity index (χ1n) is 6.74. The summed E-state index contributed by atoms with van der Waals surface area (Å²) in [6.45, 7) is 7.77. The quantitative estimate of drug-likeness (QED) is 0.649. The summed E-state index contributed by atoms with van der Waals surface area (Å²) in [4.78, 5) is 8.10. The van der Waals surface area contributed by atoms with Crippen molar-refractivity contribution < 1.29 is 0 Å². The zero-order chi connectivity index (χ0) is 13.7. The zero-order valence-electron chi connectivity index (χ0n) is 11.6. The van der Waals surface area contributed by atoms with E-state index in [9.17, 15) is 0 Å². The molecule has 0 aliphatic carbocycles. The van der Waals surface area contributed by atoms with Gasteiger partial charge in [0.05, 0.1) is 5.52 Å². The van der Waals surface area contributed by atoms with Crippen LogP contribution in [0.25, 0.3) is 10.9 Å². The summed E-state index contributed by atoms with van der Waals surface area (Å²) in [5, 5.41) is 1.20. The molecule has 4 heteroatoms. The maximum absolute atomic E-state index is 5.80. The minimum absolute atomic E-state index is 0.769. The average Bonchev–Trinajstić information content (AvgIpc) is 2.43.